The van der Waals surface area contributed by atoms with Crippen LogP contribution in [0.1, 0.15) is 32.6 Å². The van der Waals surface area contributed by atoms with Gasteiger partial charge >= 0.3 is 0 Å². The van der Waals surface area contributed by atoms with Crippen molar-refractivity contribution in [3.63, 3.8) is 0 Å². The highest BCUT2D eigenvalue weighted by atomic mass is 35.5. The molecular weight excluding hydrogens is 568 g/mol. The Labute approximate surface area is 236 Å². The maximum absolute atomic E-state index is 13.7. The van der Waals surface area contributed by atoms with Gasteiger partial charge in [0.2, 0.25) is 17.7 Å². The normalized spacial score (nSPS) is 27.0. The van der Waals surface area contributed by atoms with E-state index in [4.69, 9.17) is 11.6 Å². The molecule has 3 amide bonds. The second kappa shape index (κ2) is 10.1. The smallest absolute Gasteiger partial charge is 0.282 e. The Balaban J connectivity index is 1.35. The Bertz CT molecular complexity index is 1380. The molecule has 2 saturated carbocycles. The minimum Gasteiger partial charge on any atom is -0.368 e. The van der Waals surface area contributed by atoms with E-state index in [9.17, 15) is 36.8 Å². The fraction of sp³-hybridized carbons (Fsp3) is 0.615. The lowest BCUT2D eigenvalue weighted by atomic mass is 9.92. The lowest BCUT2D eigenvalue weighted by molar-refractivity contribution is -0.171. The third-order valence-electron chi connectivity index (χ3n) is 8.41. The molecule has 0 spiro atoms. The van der Waals surface area contributed by atoms with Crippen LogP contribution in [-0.2, 0) is 24.2 Å². The monoisotopic (exact) mass is 597 g/mol. The molecule has 0 unspecified atom stereocenters. The number of hydrogen-bond acceptors (Lipinski definition) is 7. The first-order chi connectivity index (χ1) is 18.7. The van der Waals surface area contributed by atoms with Crippen molar-refractivity contribution in [1.29, 1.82) is 5.26 Å². The number of hydrogen-bond donors (Lipinski definition) is 1. The van der Waals surface area contributed by atoms with Crippen LogP contribution in [0.25, 0.3) is 0 Å². The molecule has 1 aromatic rings. The Morgan fingerprint density at radius 3 is 2.20 bits per heavy atom. The van der Waals surface area contributed by atoms with Crippen molar-refractivity contribution in [2.45, 2.75) is 54.2 Å². The summed E-state index contributed by atoms with van der Waals surface area (Å²) in [6.45, 7) is 2.14. The highest BCUT2D eigenvalue weighted by Crippen LogP contribution is 2.44. The Hall–Kier alpha value is -2.98. The van der Waals surface area contributed by atoms with E-state index in [1.807, 2.05) is 11.0 Å². The van der Waals surface area contributed by atoms with Gasteiger partial charge in [-0.25, -0.2) is 17.2 Å². The summed E-state index contributed by atoms with van der Waals surface area (Å²) in [6, 6.07) is 6.62. The van der Waals surface area contributed by atoms with Gasteiger partial charge in [-0.3, -0.25) is 14.4 Å². The second-order valence-corrected chi connectivity index (χ2v) is 13.8. The van der Waals surface area contributed by atoms with Gasteiger partial charge in [0.1, 0.15) is 5.54 Å². The van der Waals surface area contributed by atoms with E-state index in [1.54, 1.807) is 17.0 Å². The van der Waals surface area contributed by atoms with Gasteiger partial charge in [0.25, 0.3) is 5.92 Å². The summed E-state index contributed by atoms with van der Waals surface area (Å²) >= 11 is 6.47. The van der Waals surface area contributed by atoms with Crippen molar-refractivity contribution in [2.75, 3.05) is 44.2 Å². The fourth-order valence-corrected chi connectivity index (χ4v) is 8.17. The molecule has 3 atom stereocenters. The molecule has 2 heterocycles. The number of sulfone groups is 1. The standard InChI is InChI=1S/C26H30ClF2N5O5S/c1-16(35)32-6-8-33(9-7-32)17-2-3-22(21(27)10-17)40(38,39)18-11-19(23(36)31-25(13-30)4-5-25)20(12-18)24(37)34-14-26(28,29)15-34/h2-3,10,18-20H,4-9,11-12,14-15H2,1H3,(H,31,36)/t18-,19-,20-/m1/s1. The molecule has 4 aliphatic rings. The number of halogens is 3. The minimum absolute atomic E-state index is 0.00826. The number of nitriles is 1. The highest BCUT2D eigenvalue weighted by molar-refractivity contribution is 7.92. The Morgan fingerprint density at radius 2 is 1.68 bits per heavy atom. The van der Waals surface area contributed by atoms with E-state index < -0.39 is 63.3 Å². The molecule has 10 nitrogen and oxygen atoms in total. The Kier molecular flexibility index (Phi) is 7.23. The number of benzene rings is 1. The molecule has 0 bridgehead atoms. The maximum Gasteiger partial charge on any atom is 0.282 e. The quantitative estimate of drug-likeness (QED) is 0.529. The molecule has 1 N–H and O–H groups in total. The van der Waals surface area contributed by atoms with Crippen molar-refractivity contribution in [3.8, 4) is 6.07 Å². The number of rotatable bonds is 6. The SMILES string of the molecule is CC(=O)N1CCN(c2ccc(S(=O)(=O)[C@@H]3C[C@@H](C(=O)NC4(C#N)CC4)[C@H](C(=O)N4CC(F)(F)C4)C3)c(Cl)c2)CC1. The van der Waals surface area contributed by atoms with Gasteiger partial charge in [0, 0.05) is 38.8 Å². The van der Waals surface area contributed by atoms with E-state index in [0.717, 1.165) is 4.90 Å². The van der Waals surface area contributed by atoms with Gasteiger partial charge in [0.15, 0.2) is 9.84 Å². The van der Waals surface area contributed by atoms with E-state index in [0.29, 0.717) is 44.7 Å². The lowest BCUT2D eigenvalue weighted by Gasteiger charge is -2.40. The van der Waals surface area contributed by atoms with E-state index in [2.05, 4.69) is 5.32 Å². The molecule has 216 valence electrons. The summed E-state index contributed by atoms with van der Waals surface area (Å²) in [5, 5.41) is 10.9. The first-order valence-corrected chi connectivity index (χ1v) is 15.1. The van der Waals surface area contributed by atoms with Crippen LogP contribution < -0.4 is 10.2 Å². The molecule has 1 aromatic carbocycles. The number of nitrogens with zero attached hydrogens (tertiary/aromatic N) is 4. The topological polar surface area (TPSA) is 131 Å². The van der Waals surface area contributed by atoms with E-state index in [1.165, 1.54) is 13.0 Å². The summed E-state index contributed by atoms with van der Waals surface area (Å²) in [6.07, 6.45) is 0.492. The van der Waals surface area contributed by atoms with E-state index in [-0.39, 0.29) is 28.7 Å². The third-order valence-corrected chi connectivity index (χ3v) is 11.1. The first-order valence-electron chi connectivity index (χ1n) is 13.2. The van der Waals surface area contributed by atoms with Crippen LogP contribution in [-0.4, -0.2) is 91.9 Å². The number of carbonyl (C=O) groups is 3. The van der Waals surface area contributed by atoms with E-state index >= 15 is 0 Å². The third kappa shape index (κ3) is 5.35. The zero-order chi connectivity index (χ0) is 29.0. The number of piperazine rings is 1. The summed E-state index contributed by atoms with van der Waals surface area (Å²) in [5.41, 5.74) is -0.325. The van der Waals surface area contributed by atoms with Gasteiger partial charge in [0.05, 0.1) is 46.2 Å². The van der Waals surface area contributed by atoms with Crippen LogP contribution in [0.3, 0.4) is 0 Å². The average Bonchev–Trinajstić information content (AvgIpc) is 3.51. The lowest BCUT2D eigenvalue weighted by Crippen LogP contribution is -2.60. The summed E-state index contributed by atoms with van der Waals surface area (Å²) in [4.78, 5) is 42.4. The number of carbonyl (C=O) groups excluding carboxylic acids is 3. The molecular formula is C26H30ClF2N5O5S. The molecule has 40 heavy (non-hydrogen) atoms. The predicted molar refractivity (Wildman–Crippen MR) is 140 cm³/mol. The molecule has 4 fully saturated rings. The minimum atomic E-state index is -4.11. The predicted octanol–water partition coefficient (Wildman–Crippen LogP) is 1.83. The summed E-state index contributed by atoms with van der Waals surface area (Å²) in [5.74, 6) is -6.51. The van der Waals surface area contributed by atoms with Crippen molar-refractivity contribution in [2.24, 2.45) is 11.8 Å². The molecule has 2 saturated heterocycles. The van der Waals surface area contributed by atoms with Gasteiger partial charge < -0.3 is 20.0 Å². The molecule has 14 heteroatoms. The van der Waals surface area contributed by atoms with Gasteiger partial charge in [-0.05, 0) is 43.9 Å². The zero-order valence-corrected chi connectivity index (χ0v) is 23.5. The molecule has 2 aliphatic heterocycles. The number of likely N-dealkylation sites (tertiary alicyclic amines) is 1. The molecule has 5 rings (SSSR count). The van der Waals surface area contributed by atoms with Crippen molar-refractivity contribution in [1.82, 2.24) is 15.1 Å². The Morgan fingerprint density at radius 1 is 1.05 bits per heavy atom. The van der Waals surface area contributed by atoms with Crippen LogP contribution in [0, 0.1) is 23.2 Å². The number of amides is 3. The second-order valence-electron chi connectivity index (χ2n) is 11.2. The van der Waals surface area contributed by atoms with Crippen LogP contribution in [0.5, 0.6) is 0 Å². The summed E-state index contributed by atoms with van der Waals surface area (Å²) < 4.78 is 54.4. The van der Waals surface area contributed by atoms with Gasteiger partial charge in [-0.15, -0.1) is 0 Å². The number of alkyl halides is 2. The van der Waals surface area contributed by atoms with Crippen molar-refractivity contribution < 1.29 is 31.6 Å². The maximum atomic E-state index is 13.7. The van der Waals surface area contributed by atoms with Crippen molar-refractivity contribution in [3.05, 3.63) is 23.2 Å². The number of anilines is 1. The zero-order valence-electron chi connectivity index (χ0n) is 21.9. The number of nitrogens with one attached hydrogen (secondary N) is 1. The first kappa shape index (κ1) is 28.5. The molecule has 2 aliphatic carbocycles. The van der Waals surface area contributed by atoms with Crippen LogP contribution in [0.4, 0.5) is 14.5 Å². The van der Waals surface area contributed by atoms with Crippen LogP contribution in [0.15, 0.2) is 23.1 Å². The fourth-order valence-electron chi connectivity index (χ4n) is 5.80. The van der Waals surface area contributed by atoms with Crippen molar-refractivity contribution >= 4 is 44.8 Å². The molecule has 0 radical (unpaired) electrons. The average molecular weight is 598 g/mol. The van der Waals surface area contributed by atoms with Gasteiger partial charge in [-0.2, -0.15) is 5.26 Å². The van der Waals surface area contributed by atoms with Crippen LogP contribution >= 0.6 is 11.6 Å². The van der Waals surface area contributed by atoms with Crippen LogP contribution in [0.2, 0.25) is 5.02 Å². The molecule has 0 aromatic heterocycles. The summed E-state index contributed by atoms with van der Waals surface area (Å²) in [7, 11) is -4.11. The van der Waals surface area contributed by atoms with Gasteiger partial charge in [-0.1, -0.05) is 11.6 Å². The highest BCUT2D eigenvalue weighted by Gasteiger charge is 2.55. The largest absolute Gasteiger partial charge is 0.368 e.